The molecule has 1 saturated heterocycles. The van der Waals surface area contributed by atoms with E-state index in [0.29, 0.717) is 29.6 Å². The number of hydrogen-bond acceptors (Lipinski definition) is 6. The number of aromatic nitrogens is 2. The Labute approximate surface area is 120 Å². The lowest BCUT2D eigenvalue weighted by Gasteiger charge is -2.40. The first-order chi connectivity index (χ1) is 10.2. The highest BCUT2D eigenvalue weighted by molar-refractivity contribution is 5.80. The van der Waals surface area contributed by atoms with Crippen molar-refractivity contribution >= 4 is 22.5 Å². The zero-order valence-corrected chi connectivity index (χ0v) is 11.4. The summed E-state index contributed by atoms with van der Waals surface area (Å²) in [4.78, 5) is 21.7. The molecule has 7 nitrogen and oxygen atoms in total. The Kier molecular flexibility index (Phi) is 2.66. The summed E-state index contributed by atoms with van der Waals surface area (Å²) in [5.41, 5.74) is 1.19. The van der Waals surface area contributed by atoms with Crippen molar-refractivity contribution in [2.24, 2.45) is 0 Å². The van der Waals surface area contributed by atoms with Crippen LogP contribution in [0.25, 0.3) is 11.0 Å². The van der Waals surface area contributed by atoms with Crippen LogP contribution in [-0.4, -0.2) is 34.1 Å². The lowest BCUT2D eigenvalue weighted by molar-refractivity contribution is -0.384. The summed E-state index contributed by atoms with van der Waals surface area (Å²) < 4.78 is 5.73. The number of ether oxygens (including phenoxy) is 1. The highest BCUT2D eigenvalue weighted by Crippen LogP contribution is 2.36. The summed E-state index contributed by atoms with van der Waals surface area (Å²) in [6.45, 7) is 1.58. The van der Waals surface area contributed by atoms with E-state index in [1.165, 1.54) is 18.6 Å². The normalized spacial score (nSPS) is 20.6. The summed E-state index contributed by atoms with van der Waals surface area (Å²) in [6, 6.07) is 4.87. The lowest BCUT2D eigenvalue weighted by atomic mass is 10.0. The molecule has 0 N–H and O–H groups in total. The smallest absolute Gasteiger partial charge is 0.271 e. The predicted molar refractivity (Wildman–Crippen MR) is 76.7 cm³/mol. The van der Waals surface area contributed by atoms with Gasteiger partial charge < -0.3 is 9.64 Å². The standard InChI is InChI=1S/C14H14N4O3/c19-18(20)9-4-5-11-12(7-9)15-13-14(16-11)21-8-10-3-1-2-6-17(10)13/h4-5,7,10H,1-3,6,8H2. The Morgan fingerprint density at radius 3 is 3.05 bits per heavy atom. The fourth-order valence-electron chi connectivity index (χ4n) is 3.04. The fraction of sp³-hybridized carbons (Fsp3) is 0.429. The second kappa shape index (κ2) is 4.54. The first-order valence-corrected chi connectivity index (χ1v) is 7.08. The monoisotopic (exact) mass is 286 g/mol. The van der Waals surface area contributed by atoms with Crippen molar-refractivity contribution in [3.63, 3.8) is 0 Å². The van der Waals surface area contributed by atoms with Crippen LogP contribution in [0.1, 0.15) is 19.3 Å². The average Bonchev–Trinajstić information content (AvgIpc) is 2.52. The van der Waals surface area contributed by atoms with Crippen molar-refractivity contribution in [2.75, 3.05) is 18.1 Å². The molecule has 2 aliphatic heterocycles. The third-order valence-electron chi connectivity index (χ3n) is 4.12. The second-order valence-electron chi connectivity index (χ2n) is 5.44. The van der Waals surface area contributed by atoms with E-state index in [9.17, 15) is 10.1 Å². The van der Waals surface area contributed by atoms with Gasteiger partial charge in [-0.15, -0.1) is 0 Å². The molecule has 0 radical (unpaired) electrons. The van der Waals surface area contributed by atoms with Crippen LogP contribution in [0, 0.1) is 10.1 Å². The van der Waals surface area contributed by atoms with E-state index in [1.807, 2.05) is 0 Å². The first-order valence-electron chi connectivity index (χ1n) is 7.08. The minimum Gasteiger partial charge on any atom is -0.473 e. The molecule has 1 fully saturated rings. The van der Waals surface area contributed by atoms with Crippen LogP contribution in [-0.2, 0) is 0 Å². The molecule has 108 valence electrons. The second-order valence-corrected chi connectivity index (χ2v) is 5.44. The van der Waals surface area contributed by atoms with Gasteiger partial charge in [-0.2, -0.15) is 0 Å². The molecule has 0 amide bonds. The average molecular weight is 286 g/mol. The summed E-state index contributed by atoms with van der Waals surface area (Å²) in [5, 5.41) is 10.9. The molecule has 0 saturated carbocycles. The number of nitrogens with zero attached hydrogens (tertiary/aromatic N) is 4. The summed E-state index contributed by atoms with van der Waals surface area (Å²) >= 11 is 0. The van der Waals surface area contributed by atoms with Gasteiger partial charge in [0.2, 0.25) is 0 Å². The summed E-state index contributed by atoms with van der Waals surface area (Å²) in [7, 11) is 0. The third kappa shape index (κ3) is 1.96. The van der Waals surface area contributed by atoms with Crippen LogP contribution in [0.3, 0.4) is 0 Å². The Balaban J connectivity index is 1.85. The van der Waals surface area contributed by atoms with Gasteiger partial charge in [-0.3, -0.25) is 10.1 Å². The van der Waals surface area contributed by atoms with Crippen molar-refractivity contribution in [3.05, 3.63) is 28.3 Å². The van der Waals surface area contributed by atoms with Gasteiger partial charge >= 0.3 is 0 Å². The van der Waals surface area contributed by atoms with Gasteiger partial charge in [-0.25, -0.2) is 9.97 Å². The number of benzene rings is 1. The van der Waals surface area contributed by atoms with Crippen molar-refractivity contribution in [1.29, 1.82) is 0 Å². The van der Waals surface area contributed by atoms with Crippen LogP contribution in [0.4, 0.5) is 11.5 Å². The summed E-state index contributed by atoms with van der Waals surface area (Å²) in [5.74, 6) is 1.26. The predicted octanol–water partition coefficient (Wildman–Crippen LogP) is 2.29. The molecule has 2 aliphatic rings. The van der Waals surface area contributed by atoms with E-state index in [-0.39, 0.29) is 5.69 Å². The first kappa shape index (κ1) is 12.3. The summed E-state index contributed by atoms with van der Waals surface area (Å²) in [6.07, 6.45) is 3.42. The van der Waals surface area contributed by atoms with E-state index in [2.05, 4.69) is 14.9 Å². The Morgan fingerprint density at radius 2 is 2.19 bits per heavy atom. The largest absolute Gasteiger partial charge is 0.473 e. The molecule has 0 aliphatic carbocycles. The minimum atomic E-state index is -0.416. The maximum absolute atomic E-state index is 10.9. The molecular formula is C14H14N4O3. The topological polar surface area (TPSA) is 81.4 Å². The minimum absolute atomic E-state index is 0.0312. The highest BCUT2D eigenvalue weighted by Gasteiger charge is 2.32. The molecular weight excluding hydrogens is 272 g/mol. The molecule has 1 aromatic carbocycles. The van der Waals surface area contributed by atoms with Gasteiger partial charge in [0, 0.05) is 18.7 Å². The van der Waals surface area contributed by atoms with Crippen LogP contribution in [0.15, 0.2) is 18.2 Å². The number of hydrogen-bond donors (Lipinski definition) is 0. The SMILES string of the molecule is O=[N+]([O-])c1ccc2nc3c(nc2c1)N1CCCCC1CO3. The molecule has 0 spiro atoms. The maximum Gasteiger partial charge on any atom is 0.271 e. The number of rotatable bonds is 1. The Morgan fingerprint density at radius 1 is 1.29 bits per heavy atom. The van der Waals surface area contributed by atoms with Crippen LogP contribution in [0.2, 0.25) is 0 Å². The highest BCUT2D eigenvalue weighted by atomic mass is 16.6. The van der Waals surface area contributed by atoms with E-state index in [4.69, 9.17) is 4.74 Å². The zero-order valence-electron chi connectivity index (χ0n) is 11.4. The quantitative estimate of drug-likeness (QED) is 0.591. The van der Waals surface area contributed by atoms with Crippen molar-refractivity contribution in [1.82, 2.24) is 9.97 Å². The number of non-ortho nitro benzene ring substituents is 1. The zero-order chi connectivity index (χ0) is 14.4. The lowest BCUT2D eigenvalue weighted by Crippen LogP contribution is -2.46. The number of nitro groups is 1. The van der Waals surface area contributed by atoms with Crippen molar-refractivity contribution < 1.29 is 9.66 Å². The molecule has 21 heavy (non-hydrogen) atoms. The van der Waals surface area contributed by atoms with Crippen LogP contribution in [0.5, 0.6) is 5.88 Å². The Hall–Kier alpha value is -2.44. The fourth-order valence-corrected chi connectivity index (χ4v) is 3.04. The van der Waals surface area contributed by atoms with Gasteiger partial charge in [-0.1, -0.05) is 0 Å². The van der Waals surface area contributed by atoms with E-state index < -0.39 is 4.92 Å². The van der Waals surface area contributed by atoms with Gasteiger partial charge in [0.1, 0.15) is 6.61 Å². The van der Waals surface area contributed by atoms with Crippen LogP contribution >= 0.6 is 0 Å². The number of anilines is 1. The number of nitro benzene ring substituents is 1. The molecule has 3 heterocycles. The van der Waals surface area contributed by atoms with Gasteiger partial charge in [0.15, 0.2) is 5.82 Å². The molecule has 2 aromatic rings. The van der Waals surface area contributed by atoms with E-state index >= 15 is 0 Å². The van der Waals surface area contributed by atoms with Gasteiger partial charge in [0.05, 0.1) is 22.0 Å². The number of piperidine rings is 1. The molecule has 1 atom stereocenters. The molecule has 7 heteroatoms. The van der Waals surface area contributed by atoms with E-state index in [1.54, 1.807) is 6.07 Å². The molecule has 0 bridgehead atoms. The molecule has 1 aromatic heterocycles. The van der Waals surface area contributed by atoms with Crippen molar-refractivity contribution in [3.8, 4) is 5.88 Å². The maximum atomic E-state index is 10.9. The Bertz CT molecular complexity index is 733. The van der Waals surface area contributed by atoms with Gasteiger partial charge in [-0.05, 0) is 25.3 Å². The van der Waals surface area contributed by atoms with Gasteiger partial charge in [0.25, 0.3) is 11.6 Å². The van der Waals surface area contributed by atoms with Crippen LogP contribution < -0.4 is 9.64 Å². The number of fused-ring (bicyclic) bond motifs is 4. The molecule has 4 rings (SSSR count). The molecule has 1 unspecified atom stereocenters. The third-order valence-corrected chi connectivity index (χ3v) is 4.12. The van der Waals surface area contributed by atoms with E-state index in [0.717, 1.165) is 25.2 Å². The van der Waals surface area contributed by atoms with Crippen molar-refractivity contribution in [2.45, 2.75) is 25.3 Å².